The number of likely N-dealkylation sites (tertiary alicyclic amines) is 1. The van der Waals surface area contributed by atoms with Crippen molar-refractivity contribution in [2.75, 3.05) is 19.7 Å². The number of benzene rings is 1. The summed E-state index contributed by atoms with van der Waals surface area (Å²) in [5.74, 6) is -0.345. The zero-order valence-corrected chi connectivity index (χ0v) is 15.2. The van der Waals surface area contributed by atoms with Crippen molar-refractivity contribution in [1.82, 2.24) is 10.2 Å². The van der Waals surface area contributed by atoms with Crippen LogP contribution in [-0.2, 0) is 9.53 Å². The highest BCUT2D eigenvalue weighted by Crippen LogP contribution is 2.34. The molecule has 3 atom stereocenters. The zero-order chi connectivity index (χ0) is 18.9. The van der Waals surface area contributed by atoms with E-state index < -0.39 is 29.6 Å². The van der Waals surface area contributed by atoms with Gasteiger partial charge < -0.3 is 19.7 Å². The Hall–Kier alpha value is -2.75. The molecule has 1 aromatic carbocycles. The number of ether oxygens (including phenoxy) is 2. The number of nitrogens with zero attached hydrogens (tertiary/aromatic N) is 2. The number of para-hydroxylation sites is 1. The van der Waals surface area contributed by atoms with Crippen LogP contribution in [0.2, 0.25) is 0 Å². The molecule has 0 radical (unpaired) electrons. The monoisotopic (exact) mass is 357 g/mol. The Morgan fingerprint density at radius 1 is 1.31 bits per heavy atom. The highest BCUT2D eigenvalue weighted by Gasteiger charge is 2.40. The number of carbonyl (C=O) groups is 2. The number of carbonyl (C=O) groups excluding carboxylic acids is 2. The van der Waals surface area contributed by atoms with Crippen LogP contribution < -0.4 is 10.1 Å². The van der Waals surface area contributed by atoms with E-state index in [0.717, 1.165) is 5.56 Å². The standard InChI is InChI=1S/C19H23N3O4/c1-19(2,3)26-18(24)22-9-12(8-20)15(10-22)21-17(23)14-11-25-16-7-5-4-6-13(14)16/h4-7,12,14-15H,9-11H2,1-3H3,(H,21,23)/t12-,14+,15+/m0/s1. The lowest BCUT2D eigenvalue weighted by molar-refractivity contribution is -0.123. The van der Waals surface area contributed by atoms with Crippen molar-refractivity contribution in [1.29, 1.82) is 5.26 Å². The number of hydrogen-bond donors (Lipinski definition) is 1. The minimum atomic E-state index is -0.606. The van der Waals surface area contributed by atoms with E-state index in [1.807, 2.05) is 24.3 Å². The van der Waals surface area contributed by atoms with Crippen molar-refractivity contribution < 1.29 is 19.1 Å². The Morgan fingerprint density at radius 2 is 2.04 bits per heavy atom. The molecule has 2 aliphatic heterocycles. The summed E-state index contributed by atoms with van der Waals surface area (Å²) in [7, 11) is 0. The smallest absolute Gasteiger partial charge is 0.410 e. The predicted octanol–water partition coefficient (Wildman–Crippen LogP) is 2.04. The molecule has 26 heavy (non-hydrogen) atoms. The lowest BCUT2D eigenvalue weighted by atomic mass is 9.99. The lowest BCUT2D eigenvalue weighted by Gasteiger charge is -2.24. The van der Waals surface area contributed by atoms with Gasteiger partial charge in [-0.3, -0.25) is 4.79 Å². The molecule has 2 heterocycles. The van der Waals surface area contributed by atoms with Gasteiger partial charge in [-0.1, -0.05) is 18.2 Å². The predicted molar refractivity (Wildman–Crippen MR) is 93.5 cm³/mol. The Morgan fingerprint density at radius 3 is 2.73 bits per heavy atom. The van der Waals surface area contributed by atoms with E-state index in [4.69, 9.17) is 9.47 Å². The van der Waals surface area contributed by atoms with E-state index in [9.17, 15) is 14.9 Å². The second kappa shape index (κ2) is 6.87. The number of nitrogens with one attached hydrogen (secondary N) is 1. The van der Waals surface area contributed by atoms with E-state index in [1.54, 1.807) is 20.8 Å². The van der Waals surface area contributed by atoms with E-state index in [0.29, 0.717) is 5.75 Å². The number of hydrogen-bond acceptors (Lipinski definition) is 5. The third-order valence-electron chi connectivity index (χ3n) is 4.48. The summed E-state index contributed by atoms with van der Waals surface area (Å²) in [6.07, 6.45) is -0.468. The molecule has 3 rings (SSSR count). The van der Waals surface area contributed by atoms with Gasteiger partial charge in [0.25, 0.3) is 0 Å². The molecule has 1 saturated heterocycles. The van der Waals surface area contributed by atoms with Crippen LogP contribution in [0.5, 0.6) is 5.75 Å². The summed E-state index contributed by atoms with van der Waals surface area (Å²) >= 11 is 0. The van der Waals surface area contributed by atoms with Crippen LogP contribution in [0.15, 0.2) is 24.3 Å². The molecule has 2 amide bonds. The van der Waals surface area contributed by atoms with Crippen molar-refractivity contribution in [2.24, 2.45) is 5.92 Å². The maximum atomic E-state index is 12.7. The van der Waals surface area contributed by atoms with Gasteiger partial charge >= 0.3 is 6.09 Å². The minimum absolute atomic E-state index is 0.189. The molecule has 0 spiro atoms. The number of amides is 2. The largest absolute Gasteiger partial charge is 0.492 e. The molecule has 0 aliphatic carbocycles. The first kappa shape index (κ1) is 18.1. The summed E-state index contributed by atoms with van der Waals surface area (Å²) in [5.41, 5.74) is 0.242. The summed E-state index contributed by atoms with van der Waals surface area (Å²) in [6, 6.07) is 9.19. The summed E-state index contributed by atoms with van der Waals surface area (Å²) in [5, 5.41) is 12.3. The molecule has 0 saturated carbocycles. The fourth-order valence-electron chi connectivity index (χ4n) is 3.22. The summed E-state index contributed by atoms with van der Waals surface area (Å²) < 4.78 is 10.9. The average Bonchev–Trinajstić information content (AvgIpc) is 3.17. The quantitative estimate of drug-likeness (QED) is 0.874. The van der Waals surface area contributed by atoms with Gasteiger partial charge in [-0.2, -0.15) is 5.26 Å². The zero-order valence-electron chi connectivity index (χ0n) is 15.2. The van der Waals surface area contributed by atoms with Crippen molar-refractivity contribution >= 4 is 12.0 Å². The van der Waals surface area contributed by atoms with Gasteiger partial charge in [-0.15, -0.1) is 0 Å². The minimum Gasteiger partial charge on any atom is -0.492 e. The van der Waals surface area contributed by atoms with Gasteiger partial charge in [0.1, 0.15) is 23.9 Å². The van der Waals surface area contributed by atoms with Gasteiger partial charge in [-0.25, -0.2) is 4.79 Å². The van der Waals surface area contributed by atoms with Crippen LogP contribution in [-0.4, -0.2) is 48.2 Å². The maximum Gasteiger partial charge on any atom is 0.410 e. The Labute approximate surface area is 152 Å². The van der Waals surface area contributed by atoms with Crippen molar-refractivity contribution in [3.05, 3.63) is 29.8 Å². The number of rotatable bonds is 2. The second-order valence-corrected chi connectivity index (χ2v) is 7.64. The maximum absolute atomic E-state index is 12.7. The molecule has 7 nitrogen and oxygen atoms in total. The van der Waals surface area contributed by atoms with E-state index in [1.165, 1.54) is 4.90 Å². The van der Waals surface area contributed by atoms with E-state index in [2.05, 4.69) is 11.4 Å². The number of nitriles is 1. The molecule has 7 heteroatoms. The van der Waals surface area contributed by atoms with Gasteiger partial charge in [0.05, 0.1) is 18.0 Å². The molecule has 0 bridgehead atoms. The van der Waals surface area contributed by atoms with Gasteiger partial charge in [-0.05, 0) is 26.8 Å². The Kier molecular flexibility index (Phi) is 4.77. The first-order valence-electron chi connectivity index (χ1n) is 8.68. The van der Waals surface area contributed by atoms with Crippen LogP contribution in [0.1, 0.15) is 32.3 Å². The molecule has 0 aromatic heterocycles. The normalized spacial score (nSPS) is 24.4. The highest BCUT2D eigenvalue weighted by molar-refractivity contribution is 5.86. The fourth-order valence-corrected chi connectivity index (χ4v) is 3.22. The van der Waals surface area contributed by atoms with E-state index in [-0.39, 0.29) is 25.6 Å². The van der Waals surface area contributed by atoms with Crippen molar-refractivity contribution in [3.63, 3.8) is 0 Å². The van der Waals surface area contributed by atoms with Crippen LogP contribution in [0.4, 0.5) is 4.79 Å². The Bertz CT molecular complexity index is 750. The third-order valence-corrected chi connectivity index (χ3v) is 4.48. The first-order chi connectivity index (χ1) is 12.3. The molecule has 2 aliphatic rings. The SMILES string of the molecule is CC(C)(C)OC(=O)N1C[C@H](C#N)[C@H](NC(=O)[C@@H]2COc3ccccc32)C1. The lowest BCUT2D eigenvalue weighted by Crippen LogP contribution is -2.43. The molecule has 0 unspecified atom stereocenters. The third kappa shape index (κ3) is 3.74. The highest BCUT2D eigenvalue weighted by atomic mass is 16.6. The number of fused-ring (bicyclic) bond motifs is 1. The van der Waals surface area contributed by atoms with Crippen LogP contribution >= 0.6 is 0 Å². The fraction of sp³-hybridized carbons (Fsp3) is 0.526. The molecule has 1 aromatic rings. The summed E-state index contributed by atoms with van der Waals surface area (Å²) in [4.78, 5) is 26.4. The first-order valence-corrected chi connectivity index (χ1v) is 8.68. The topological polar surface area (TPSA) is 91.7 Å². The van der Waals surface area contributed by atoms with Crippen LogP contribution in [0.25, 0.3) is 0 Å². The molecular formula is C19H23N3O4. The van der Waals surface area contributed by atoms with Crippen LogP contribution in [0.3, 0.4) is 0 Å². The van der Waals surface area contributed by atoms with Crippen LogP contribution in [0, 0.1) is 17.2 Å². The summed E-state index contributed by atoms with van der Waals surface area (Å²) in [6.45, 7) is 6.16. The molecule has 1 N–H and O–H groups in total. The molecular weight excluding hydrogens is 334 g/mol. The average molecular weight is 357 g/mol. The molecule has 138 valence electrons. The Balaban J connectivity index is 1.65. The second-order valence-electron chi connectivity index (χ2n) is 7.64. The van der Waals surface area contributed by atoms with Gasteiger partial charge in [0, 0.05) is 18.7 Å². The van der Waals surface area contributed by atoms with Crippen molar-refractivity contribution in [3.8, 4) is 11.8 Å². The van der Waals surface area contributed by atoms with Crippen molar-refractivity contribution in [2.45, 2.75) is 38.3 Å². The molecule has 1 fully saturated rings. The van der Waals surface area contributed by atoms with Gasteiger partial charge in [0.2, 0.25) is 5.91 Å². The van der Waals surface area contributed by atoms with Gasteiger partial charge in [0.15, 0.2) is 0 Å². The van der Waals surface area contributed by atoms with E-state index >= 15 is 0 Å².